The summed E-state index contributed by atoms with van der Waals surface area (Å²) in [5.41, 5.74) is 4.28. The van der Waals surface area contributed by atoms with E-state index < -0.39 is 5.56 Å². The molecule has 0 aromatic carbocycles. The molecule has 28 heavy (non-hydrogen) atoms. The van der Waals surface area contributed by atoms with Crippen LogP contribution >= 0.6 is 0 Å². The van der Waals surface area contributed by atoms with E-state index in [0.717, 1.165) is 22.5 Å². The molecule has 0 aliphatic rings. The van der Waals surface area contributed by atoms with Crippen LogP contribution in [0.4, 0.5) is 0 Å². The summed E-state index contributed by atoms with van der Waals surface area (Å²) in [6.07, 6.45) is 1.67. The van der Waals surface area contributed by atoms with E-state index >= 15 is 0 Å². The third-order valence-electron chi connectivity index (χ3n) is 4.85. The van der Waals surface area contributed by atoms with Crippen LogP contribution < -0.4 is 5.56 Å². The molecule has 8 nitrogen and oxygen atoms in total. The first-order valence-corrected chi connectivity index (χ1v) is 8.90. The van der Waals surface area contributed by atoms with Crippen LogP contribution in [0.2, 0.25) is 0 Å². The van der Waals surface area contributed by atoms with Gasteiger partial charge in [0.2, 0.25) is 0 Å². The minimum atomic E-state index is -0.402. The summed E-state index contributed by atoms with van der Waals surface area (Å²) in [5, 5.41) is 3.99. The number of nitrogens with one attached hydrogen (secondary N) is 1. The first-order chi connectivity index (χ1) is 13.2. The summed E-state index contributed by atoms with van der Waals surface area (Å²) < 4.78 is 5.45. The number of nitrogens with zero attached hydrogens (tertiary/aromatic N) is 4. The number of aryl methyl sites for hydroxylation is 4. The van der Waals surface area contributed by atoms with Crippen LogP contribution in [-0.4, -0.2) is 38.0 Å². The smallest absolute Gasteiger partial charge is 0.261 e. The monoisotopic (exact) mass is 381 g/mol. The number of pyridine rings is 1. The predicted octanol–water partition coefficient (Wildman–Crippen LogP) is 2.63. The normalized spacial score (nSPS) is 10.9. The molecule has 0 radical (unpaired) electrons. The third-order valence-corrected chi connectivity index (χ3v) is 4.85. The number of hydrogen-bond acceptors (Lipinski definition) is 6. The minimum absolute atomic E-state index is 0.101. The molecule has 0 fully saturated rings. The van der Waals surface area contributed by atoms with Crippen LogP contribution in [0.25, 0.3) is 11.3 Å². The SMILES string of the molecule is Cc1ncc(-c2onc(C)c2C)c(CN(C)C(=O)c2cc(C)c(C)[nH]c2=O)n1. The number of hydrogen-bond donors (Lipinski definition) is 1. The number of amides is 1. The van der Waals surface area contributed by atoms with Crippen molar-refractivity contribution in [1.29, 1.82) is 0 Å². The van der Waals surface area contributed by atoms with Gasteiger partial charge in [-0.3, -0.25) is 9.59 Å². The highest BCUT2D eigenvalue weighted by molar-refractivity contribution is 5.94. The van der Waals surface area contributed by atoms with Gasteiger partial charge in [-0.25, -0.2) is 9.97 Å². The van der Waals surface area contributed by atoms with Gasteiger partial charge < -0.3 is 14.4 Å². The molecule has 0 saturated heterocycles. The summed E-state index contributed by atoms with van der Waals surface area (Å²) in [5.74, 6) is 0.784. The van der Waals surface area contributed by atoms with Gasteiger partial charge in [0.05, 0.1) is 23.5 Å². The molecule has 0 spiro atoms. The molecule has 0 bridgehead atoms. The molecule has 3 aromatic rings. The molecule has 1 N–H and O–H groups in total. The van der Waals surface area contributed by atoms with E-state index in [2.05, 4.69) is 20.1 Å². The second-order valence-electron chi connectivity index (χ2n) is 6.98. The van der Waals surface area contributed by atoms with Crippen molar-refractivity contribution in [2.45, 2.75) is 41.2 Å². The number of H-pyrrole nitrogens is 1. The van der Waals surface area contributed by atoms with Gasteiger partial charge in [0.1, 0.15) is 11.4 Å². The lowest BCUT2D eigenvalue weighted by molar-refractivity contribution is 0.0781. The van der Waals surface area contributed by atoms with Crippen molar-refractivity contribution >= 4 is 5.91 Å². The van der Waals surface area contributed by atoms with Crippen LogP contribution in [0.1, 0.15) is 44.4 Å². The van der Waals surface area contributed by atoms with Crippen molar-refractivity contribution in [2.24, 2.45) is 0 Å². The lowest BCUT2D eigenvalue weighted by atomic mass is 10.1. The maximum Gasteiger partial charge on any atom is 0.261 e. The van der Waals surface area contributed by atoms with E-state index in [1.165, 1.54) is 4.90 Å². The van der Waals surface area contributed by atoms with Crippen molar-refractivity contribution in [3.8, 4) is 11.3 Å². The first-order valence-electron chi connectivity index (χ1n) is 8.90. The largest absolute Gasteiger partial charge is 0.356 e. The number of aromatic nitrogens is 4. The summed E-state index contributed by atoms with van der Waals surface area (Å²) in [4.78, 5) is 38.0. The van der Waals surface area contributed by atoms with Crippen LogP contribution in [0, 0.1) is 34.6 Å². The summed E-state index contributed by atoms with van der Waals surface area (Å²) in [7, 11) is 1.64. The van der Waals surface area contributed by atoms with Crippen molar-refractivity contribution in [2.75, 3.05) is 7.05 Å². The zero-order valence-corrected chi connectivity index (χ0v) is 16.9. The van der Waals surface area contributed by atoms with E-state index in [1.807, 2.05) is 20.8 Å². The third kappa shape index (κ3) is 3.58. The average Bonchev–Trinajstić information content (AvgIpc) is 2.97. The van der Waals surface area contributed by atoms with Crippen LogP contribution in [0.15, 0.2) is 21.6 Å². The lowest BCUT2D eigenvalue weighted by Gasteiger charge is -2.18. The molecule has 0 aliphatic heterocycles. The Morgan fingerprint density at radius 3 is 2.57 bits per heavy atom. The topological polar surface area (TPSA) is 105 Å². The molecule has 1 amide bonds. The van der Waals surface area contributed by atoms with Crippen LogP contribution in [0.3, 0.4) is 0 Å². The van der Waals surface area contributed by atoms with Gasteiger partial charge in [-0.15, -0.1) is 0 Å². The average molecular weight is 381 g/mol. The second kappa shape index (κ2) is 7.38. The fourth-order valence-corrected chi connectivity index (χ4v) is 2.88. The second-order valence-corrected chi connectivity index (χ2v) is 6.98. The standard InChI is InChI=1S/C20H23N5O3/c1-10-7-15(19(26)22-12(10)3)20(27)25(6)9-17-16(8-21-14(5)23-17)18-11(2)13(4)24-28-18/h7-8H,9H2,1-6H3,(H,22,26). The van der Waals surface area contributed by atoms with Crippen molar-refractivity contribution in [3.63, 3.8) is 0 Å². The molecule has 0 atom stereocenters. The van der Waals surface area contributed by atoms with Crippen molar-refractivity contribution in [3.05, 3.63) is 62.2 Å². The number of carbonyl (C=O) groups is 1. The Hall–Kier alpha value is -3.29. The summed E-state index contributed by atoms with van der Waals surface area (Å²) in [6.45, 7) is 9.40. The Morgan fingerprint density at radius 1 is 1.21 bits per heavy atom. The zero-order chi connectivity index (χ0) is 20.6. The van der Waals surface area contributed by atoms with E-state index in [1.54, 1.807) is 33.2 Å². The number of carbonyl (C=O) groups excluding carboxylic acids is 1. The molecular formula is C20H23N5O3. The molecule has 0 aliphatic carbocycles. The highest BCUT2D eigenvalue weighted by Gasteiger charge is 2.21. The Morgan fingerprint density at radius 2 is 1.93 bits per heavy atom. The molecule has 3 rings (SSSR count). The molecule has 0 unspecified atom stereocenters. The summed E-state index contributed by atoms with van der Waals surface area (Å²) >= 11 is 0. The number of rotatable bonds is 4. The minimum Gasteiger partial charge on any atom is -0.356 e. The highest BCUT2D eigenvalue weighted by atomic mass is 16.5. The molecule has 0 saturated carbocycles. The molecule has 3 aromatic heterocycles. The molecule has 3 heterocycles. The molecular weight excluding hydrogens is 358 g/mol. The maximum absolute atomic E-state index is 12.9. The van der Waals surface area contributed by atoms with E-state index in [4.69, 9.17) is 4.52 Å². The fourth-order valence-electron chi connectivity index (χ4n) is 2.88. The first kappa shape index (κ1) is 19.5. The Labute approximate surface area is 162 Å². The zero-order valence-electron chi connectivity index (χ0n) is 16.9. The van der Waals surface area contributed by atoms with Gasteiger partial charge in [-0.1, -0.05) is 5.16 Å². The number of aromatic amines is 1. The van der Waals surface area contributed by atoms with Crippen LogP contribution in [-0.2, 0) is 6.54 Å². The van der Waals surface area contributed by atoms with Crippen LogP contribution in [0.5, 0.6) is 0 Å². The van der Waals surface area contributed by atoms with Gasteiger partial charge in [-0.2, -0.15) is 0 Å². The van der Waals surface area contributed by atoms with E-state index in [9.17, 15) is 9.59 Å². The van der Waals surface area contributed by atoms with Gasteiger partial charge in [-0.05, 0) is 46.2 Å². The summed E-state index contributed by atoms with van der Waals surface area (Å²) in [6, 6.07) is 1.61. The Bertz CT molecular complexity index is 1110. The maximum atomic E-state index is 12.9. The molecule has 8 heteroatoms. The highest BCUT2D eigenvalue weighted by Crippen LogP contribution is 2.28. The fraction of sp³-hybridized carbons (Fsp3) is 0.350. The van der Waals surface area contributed by atoms with Crippen molar-refractivity contribution < 1.29 is 9.32 Å². The Balaban J connectivity index is 1.96. The molecule has 146 valence electrons. The Kier molecular flexibility index (Phi) is 5.13. The van der Waals surface area contributed by atoms with Crippen molar-refractivity contribution in [1.82, 2.24) is 25.0 Å². The van der Waals surface area contributed by atoms with Gasteiger partial charge >= 0.3 is 0 Å². The van der Waals surface area contributed by atoms with Gasteiger partial charge in [0.25, 0.3) is 11.5 Å². The van der Waals surface area contributed by atoms with E-state index in [-0.39, 0.29) is 18.0 Å². The quantitative estimate of drug-likeness (QED) is 0.745. The lowest BCUT2D eigenvalue weighted by Crippen LogP contribution is -2.32. The van der Waals surface area contributed by atoms with E-state index in [0.29, 0.717) is 22.8 Å². The van der Waals surface area contributed by atoms with Gasteiger partial charge in [0.15, 0.2) is 5.76 Å². The predicted molar refractivity (Wildman–Crippen MR) is 104 cm³/mol. The van der Waals surface area contributed by atoms with Gasteiger partial charge in [0, 0.05) is 24.5 Å².